The molecule has 0 unspecified atom stereocenters. The van der Waals surface area contributed by atoms with Crippen LogP contribution in [0.15, 0.2) is 42.6 Å². The van der Waals surface area contributed by atoms with Gasteiger partial charge < -0.3 is 29.7 Å². The van der Waals surface area contributed by atoms with Gasteiger partial charge in [-0.3, -0.25) is 14.6 Å². The number of ether oxygens (including phenoxy) is 3. The number of rotatable bonds is 7. The van der Waals surface area contributed by atoms with E-state index in [1.54, 1.807) is 31.5 Å². The molecule has 0 aliphatic carbocycles. The number of amides is 2. The molecule has 2 aromatic carbocycles. The number of methoxy groups -OCH3 is 1. The smallest absolute Gasteiger partial charge is 0.313 e. The predicted octanol–water partition coefficient (Wildman–Crippen LogP) is 4.11. The molecule has 10 heteroatoms. The molecule has 2 fully saturated rings. The Morgan fingerprint density at radius 1 is 1.05 bits per heavy atom. The fourth-order valence-electron chi connectivity index (χ4n) is 4.77. The largest absolute Gasteiger partial charge is 0.493 e. The van der Waals surface area contributed by atoms with Crippen LogP contribution >= 0.6 is 0 Å². The van der Waals surface area contributed by atoms with Crippen LogP contribution in [0.1, 0.15) is 25.7 Å². The second-order valence-electron chi connectivity index (χ2n) is 9.53. The Bertz CT molecular complexity index is 1320. The van der Waals surface area contributed by atoms with Gasteiger partial charge in [-0.05, 0) is 69.0 Å². The average Bonchev–Trinajstić information content (AvgIpc) is 3.48. The molecular weight excluding hydrogens is 491 g/mol. The summed E-state index contributed by atoms with van der Waals surface area (Å²) >= 11 is 0. The lowest BCUT2D eigenvalue weighted by Gasteiger charge is -2.23. The maximum atomic E-state index is 14.9. The van der Waals surface area contributed by atoms with E-state index in [-0.39, 0.29) is 11.4 Å². The molecule has 2 aliphatic rings. The molecule has 200 valence electrons. The molecular formula is C28H31FN4O5. The van der Waals surface area contributed by atoms with E-state index in [1.807, 2.05) is 0 Å². The van der Waals surface area contributed by atoms with E-state index < -0.39 is 17.6 Å². The zero-order chi connectivity index (χ0) is 26.5. The van der Waals surface area contributed by atoms with Gasteiger partial charge in [-0.1, -0.05) is 0 Å². The Morgan fingerprint density at radius 2 is 1.84 bits per heavy atom. The molecule has 38 heavy (non-hydrogen) atoms. The van der Waals surface area contributed by atoms with Crippen LogP contribution < -0.4 is 24.8 Å². The third-order valence-corrected chi connectivity index (χ3v) is 6.92. The van der Waals surface area contributed by atoms with Crippen molar-refractivity contribution in [3.05, 3.63) is 48.4 Å². The molecule has 5 rings (SSSR count). The van der Waals surface area contributed by atoms with E-state index in [2.05, 4.69) is 15.6 Å². The summed E-state index contributed by atoms with van der Waals surface area (Å²) < 4.78 is 32.5. The molecule has 0 atom stereocenters. The maximum Gasteiger partial charge on any atom is 0.313 e. The van der Waals surface area contributed by atoms with E-state index >= 15 is 0 Å². The summed E-state index contributed by atoms with van der Waals surface area (Å²) in [6.07, 6.45) is 5.46. The van der Waals surface area contributed by atoms with E-state index in [9.17, 15) is 14.0 Å². The molecule has 2 amide bonds. The van der Waals surface area contributed by atoms with Gasteiger partial charge >= 0.3 is 11.8 Å². The molecule has 0 spiro atoms. The van der Waals surface area contributed by atoms with Crippen LogP contribution in [0, 0.1) is 11.7 Å². The van der Waals surface area contributed by atoms with Crippen LogP contribution in [0.25, 0.3) is 10.9 Å². The fourth-order valence-corrected chi connectivity index (χ4v) is 4.77. The van der Waals surface area contributed by atoms with E-state index in [1.165, 1.54) is 17.0 Å². The standard InChI is InChI=1S/C28H31FN4O5/c1-36-25-15-20-22(16-26(25)37-17-18-6-9-30-10-7-18)31-11-8-23(20)38-24-5-4-19(14-21(24)29)32-27(34)28(35)33-12-2-3-13-33/h4-5,8,11,14-16,18,30H,2-3,6-7,9-10,12-13,17H2,1H3,(H,32,34). The van der Waals surface area contributed by atoms with Crippen molar-refractivity contribution >= 4 is 28.4 Å². The summed E-state index contributed by atoms with van der Waals surface area (Å²) in [6, 6.07) is 9.23. The van der Waals surface area contributed by atoms with Gasteiger partial charge in [0.2, 0.25) is 0 Å². The summed E-state index contributed by atoms with van der Waals surface area (Å²) in [4.78, 5) is 30.4. The van der Waals surface area contributed by atoms with Crippen LogP contribution in [0.3, 0.4) is 0 Å². The number of halogens is 1. The molecule has 2 saturated heterocycles. The SMILES string of the molecule is COc1cc2c(Oc3ccc(NC(=O)C(=O)N4CCCC4)cc3F)ccnc2cc1OCC1CCNCC1. The average molecular weight is 523 g/mol. The van der Waals surface area contributed by atoms with Gasteiger partial charge in [-0.2, -0.15) is 0 Å². The molecule has 2 aliphatic heterocycles. The summed E-state index contributed by atoms with van der Waals surface area (Å²) in [6.45, 7) is 3.70. The highest BCUT2D eigenvalue weighted by molar-refractivity contribution is 6.39. The van der Waals surface area contributed by atoms with Crippen molar-refractivity contribution in [1.29, 1.82) is 0 Å². The number of hydrogen-bond acceptors (Lipinski definition) is 7. The molecule has 0 bridgehead atoms. The first-order chi connectivity index (χ1) is 18.5. The number of nitrogens with zero attached hydrogens (tertiary/aromatic N) is 2. The molecule has 2 N–H and O–H groups in total. The van der Waals surface area contributed by atoms with Crippen LogP contribution in [0.4, 0.5) is 10.1 Å². The van der Waals surface area contributed by atoms with Crippen LogP contribution in [-0.2, 0) is 9.59 Å². The second-order valence-corrected chi connectivity index (χ2v) is 9.53. The number of piperidine rings is 1. The van der Waals surface area contributed by atoms with Crippen LogP contribution in [-0.4, -0.2) is 61.6 Å². The van der Waals surface area contributed by atoms with Gasteiger partial charge in [0.15, 0.2) is 23.1 Å². The number of hydrogen-bond donors (Lipinski definition) is 2. The van der Waals surface area contributed by atoms with Gasteiger partial charge in [0.25, 0.3) is 0 Å². The van der Waals surface area contributed by atoms with Gasteiger partial charge in [0, 0.05) is 42.5 Å². The van der Waals surface area contributed by atoms with E-state index in [4.69, 9.17) is 14.2 Å². The lowest BCUT2D eigenvalue weighted by molar-refractivity contribution is -0.142. The highest BCUT2D eigenvalue weighted by Gasteiger charge is 2.25. The highest BCUT2D eigenvalue weighted by atomic mass is 19.1. The number of carbonyl (C=O) groups is 2. The first-order valence-corrected chi connectivity index (χ1v) is 12.9. The minimum absolute atomic E-state index is 0.0356. The van der Waals surface area contributed by atoms with Crippen molar-refractivity contribution in [3.8, 4) is 23.0 Å². The Hall–Kier alpha value is -3.92. The molecule has 0 radical (unpaired) electrons. The van der Waals surface area contributed by atoms with Gasteiger partial charge in [0.1, 0.15) is 5.75 Å². The van der Waals surface area contributed by atoms with Gasteiger partial charge in [0.05, 0.1) is 19.2 Å². The molecule has 9 nitrogen and oxygen atoms in total. The third kappa shape index (κ3) is 5.80. The van der Waals surface area contributed by atoms with Crippen LogP contribution in [0.2, 0.25) is 0 Å². The van der Waals surface area contributed by atoms with E-state index in [0.29, 0.717) is 53.8 Å². The number of anilines is 1. The minimum atomic E-state index is -0.787. The number of fused-ring (bicyclic) bond motifs is 1. The number of carbonyl (C=O) groups excluding carboxylic acids is 2. The van der Waals surface area contributed by atoms with Crippen molar-refractivity contribution in [2.75, 3.05) is 45.2 Å². The Morgan fingerprint density at radius 3 is 2.58 bits per heavy atom. The zero-order valence-corrected chi connectivity index (χ0v) is 21.3. The number of nitrogens with one attached hydrogen (secondary N) is 2. The van der Waals surface area contributed by atoms with Gasteiger partial charge in [-0.15, -0.1) is 0 Å². The van der Waals surface area contributed by atoms with Crippen molar-refractivity contribution < 1.29 is 28.2 Å². The first-order valence-electron chi connectivity index (χ1n) is 12.9. The normalized spacial score (nSPS) is 15.9. The summed E-state index contributed by atoms with van der Waals surface area (Å²) in [5.74, 6) is -0.124. The quantitative estimate of drug-likeness (QED) is 0.450. The lowest BCUT2D eigenvalue weighted by Crippen LogP contribution is -2.37. The van der Waals surface area contributed by atoms with Gasteiger partial charge in [-0.25, -0.2) is 4.39 Å². The molecule has 0 saturated carbocycles. The summed E-state index contributed by atoms with van der Waals surface area (Å²) in [5, 5.41) is 6.45. The first kappa shape index (κ1) is 25.7. The van der Waals surface area contributed by atoms with E-state index in [0.717, 1.165) is 44.8 Å². The Kier molecular flexibility index (Phi) is 7.88. The zero-order valence-electron chi connectivity index (χ0n) is 21.3. The predicted molar refractivity (Wildman–Crippen MR) is 140 cm³/mol. The third-order valence-electron chi connectivity index (χ3n) is 6.92. The number of pyridine rings is 1. The monoisotopic (exact) mass is 522 g/mol. The van der Waals surface area contributed by atoms with Crippen molar-refractivity contribution in [3.63, 3.8) is 0 Å². The molecule has 3 aromatic rings. The number of benzene rings is 2. The minimum Gasteiger partial charge on any atom is -0.493 e. The topological polar surface area (TPSA) is 102 Å². The van der Waals surface area contributed by atoms with Crippen molar-refractivity contribution in [2.24, 2.45) is 5.92 Å². The molecule has 1 aromatic heterocycles. The maximum absolute atomic E-state index is 14.9. The summed E-state index contributed by atoms with van der Waals surface area (Å²) in [5.41, 5.74) is 0.789. The number of aromatic nitrogens is 1. The number of likely N-dealkylation sites (tertiary alicyclic amines) is 1. The molecule has 3 heterocycles. The highest BCUT2D eigenvalue weighted by Crippen LogP contribution is 2.38. The Labute approximate surface area is 220 Å². The van der Waals surface area contributed by atoms with Crippen molar-refractivity contribution in [2.45, 2.75) is 25.7 Å². The van der Waals surface area contributed by atoms with Crippen LogP contribution in [0.5, 0.6) is 23.0 Å². The Balaban J connectivity index is 1.31. The van der Waals surface area contributed by atoms with Crippen molar-refractivity contribution in [1.82, 2.24) is 15.2 Å². The lowest BCUT2D eigenvalue weighted by atomic mass is 9.99. The second kappa shape index (κ2) is 11.6. The fraction of sp³-hybridized carbons (Fsp3) is 0.393. The summed E-state index contributed by atoms with van der Waals surface area (Å²) in [7, 11) is 1.57.